The minimum atomic E-state index is 0.795. The van der Waals surface area contributed by atoms with Gasteiger partial charge in [0.2, 0.25) is 0 Å². The molecule has 0 aromatic carbocycles. The fourth-order valence-electron chi connectivity index (χ4n) is 1.41. The fourth-order valence-corrected chi connectivity index (χ4v) is 2.51. The molecule has 0 saturated carbocycles. The summed E-state index contributed by atoms with van der Waals surface area (Å²) < 4.78 is 0.905. The fraction of sp³-hybridized carbons (Fsp3) is 0.636. The lowest BCUT2D eigenvalue weighted by Crippen LogP contribution is -2.11. The maximum absolute atomic E-state index is 5.87. The van der Waals surface area contributed by atoms with E-state index in [9.17, 15) is 0 Å². The zero-order valence-electron chi connectivity index (χ0n) is 8.85. The van der Waals surface area contributed by atoms with Crippen molar-refractivity contribution in [3.63, 3.8) is 0 Å². The molecule has 0 aliphatic heterocycles. The lowest BCUT2D eigenvalue weighted by molar-refractivity contribution is 0.483. The Morgan fingerprint density at radius 2 is 2.21 bits per heavy atom. The summed E-state index contributed by atoms with van der Waals surface area (Å²) in [6.07, 6.45) is 3.69. The molecular formula is C11H18ClNS. The van der Waals surface area contributed by atoms with Gasteiger partial charge in [0.15, 0.2) is 0 Å². The van der Waals surface area contributed by atoms with E-state index >= 15 is 0 Å². The first-order chi connectivity index (χ1) is 6.72. The van der Waals surface area contributed by atoms with Crippen LogP contribution in [-0.4, -0.2) is 13.6 Å². The molecule has 0 spiro atoms. The lowest BCUT2D eigenvalue weighted by Gasteiger charge is -2.09. The van der Waals surface area contributed by atoms with Crippen molar-refractivity contribution in [1.29, 1.82) is 0 Å². The Labute approximate surface area is 95.5 Å². The molecule has 1 atom stereocenters. The molecule has 80 valence electrons. The Morgan fingerprint density at radius 1 is 1.43 bits per heavy atom. The maximum atomic E-state index is 5.87. The molecule has 1 nitrogen and oxygen atoms in total. The number of nitrogens with one attached hydrogen (secondary N) is 1. The van der Waals surface area contributed by atoms with Crippen molar-refractivity contribution in [1.82, 2.24) is 5.32 Å². The van der Waals surface area contributed by atoms with Crippen molar-refractivity contribution in [2.45, 2.75) is 26.2 Å². The third-order valence-corrected chi connectivity index (χ3v) is 3.69. The average Bonchev–Trinajstić information content (AvgIpc) is 2.58. The van der Waals surface area contributed by atoms with Crippen LogP contribution < -0.4 is 5.32 Å². The zero-order chi connectivity index (χ0) is 10.4. The molecule has 1 heterocycles. The standard InChI is InChI=1S/C11H18ClNS/c1-9(7-8-13-2)3-4-10-5-6-11(12)14-10/h5-6,9,13H,3-4,7-8H2,1-2H3. The van der Waals surface area contributed by atoms with Gasteiger partial charge < -0.3 is 5.32 Å². The quantitative estimate of drug-likeness (QED) is 0.789. The topological polar surface area (TPSA) is 12.0 Å². The van der Waals surface area contributed by atoms with Gasteiger partial charge in [-0.2, -0.15) is 0 Å². The van der Waals surface area contributed by atoms with Gasteiger partial charge in [-0.3, -0.25) is 0 Å². The van der Waals surface area contributed by atoms with Gasteiger partial charge in [-0.05, 0) is 50.9 Å². The molecule has 0 amide bonds. The summed E-state index contributed by atoms with van der Waals surface area (Å²) in [6, 6.07) is 4.12. The molecular weight excluding hydrogens is 214 g/mol. The predicted octanol–water partition coefficient (Wildman–Crippen LogP) is 3.58. The summed E-state index contributed by atoms with van der Waals surface area (Å²) >= 11 is 7.57. The highest BCUT2D eigenvalue weighted by Crippen LogP contribution is 2.23. The first-order valence-electron chi connectivity index (χ1n) is 5.11. The molecule has 1 N–H and O–H groups in total. The van der Waals surface area contributed by atoms with Crippen LogP contribution in [0.5, 0.6) is 0 Å². The van der Waals surface area contributed by atoms with Crippen molar-refractivity contribution in [3.8, 4) is 0 Å². The van der Waals surface area contributed by atoms with Gasteiger partial charge in [-0.15, -0.1) is 11.3 Å². The van der Waals surface area contributed by atoms with Crippen LogP contribution in [0, 0.1) is 5.92 Å². The lowest BCUT2D eigenvalue weighted by atomic mass is 10.0. The normalized spacial score (nSPS) is 13.1. The van der Waals surface area contributed by atoms with Gasteiger partial charge in [0.25, 0.3) is 0 Å². The van der Waals surface area contributed by atoms with Gasteiger partial charge in [-0.1, -0.05) is 18.5 Å². The summed E-state index contributed by atoms with van der Waals surface area (Å²) in [5.41, 5.74) is 0. The highest BCUT2D eigenvalue weighted by Gasteiger charge is 2.03. The number of rotatable bonds is 6. The molecule has 0 fully saturated rings. The number of hydrogen-bond acceptors (Lipinski definition) is 2. The largest absolute Gasteiger partial charge is 0.320 e. The molecule has 0 bridgehead atoms. The third-order valence-electron chi connectivity index (χ3n) is 2.40. The van der Waals surface area contributed by atoms with E-state index in [1.807, 2.05) is 13.1 Å². The molecule has 14 heavy (non-hydrogen) atoms. The highest BCUT2D eigenvalue weighted by atomic mass is 35.5. The van der Waals surface area contributed by atoms with Crippen LogP contribution in [0.2, 0.25) is 4.34 Å². The van der Waals surface area contributed by atoms with E-state index in [0.29, 0.717) is 0 Å². The van der Waals surface area contributed by atoms with Crippen molar-refractivity contribution < 1.29 is 0 Å². The average molecular weight is 232 g/mol. The zero-order valence-corrected chi connectivity index (χ0v) is 10.4. The first kappa shape index (κ1) is 12.0. The van der Waals surface area contributed by atoms with Crippen LogP contribution >= 0.6 is 22.9 Å². The van der Waals surface area contributed by atoms with Crippen molar-refractivity contribution in [2.75, 3.05) is 13.6 Å². The number of aryl methyl sites for hydroxylation is 1. The van der Waals surface area contributed by atoms with Gasteiger partial charge in [0, 0.05) is 4.88 Å². The summed E-state index contributed by atoms with van der Waals surface area (Å²) in [6.45, 7) is 3.43. The molecule has 0 saturated heterocycles. The SMILES string of the molecule is CNCCC(C)CCc1ccc(Cl)s1. The number of hydrogen-bond donors (Lipinski definition) is 1. The minimum Gasteiger partial charge on any atom is -0.320 e. The van der Waals surface area contributed by atoms with Gasteiger partial charge >= 0.3 is 0 Å². The number of thiophene rings is 1. The molecule has 1 aromatic rings. The maximum Gasteiger partial charge on any atom is 0.0931 e. The van der Waals surface area contributed by atoms with E-state index in [2.05, 4.69) is 18.3 Å². The second-order valence-corrected chi connectivity index (χ2v) is 5.54. The van der Waals surface area contributed by atoms with Crippen LogP contribution in [0.3, 0.4) is 0 Å². The minimum absolute atomic E-state index is 0.795. The van der Waals surface area contributed by atoms with Gasteiger partial charge in [-0.25, -0.2) is 0 Å². The summed E-state index contributed by atoms with van der Waals surface area (Å²) in [5, 5.41) is 3.18. The molecule has 1 aromatic heterocycles. The molecule has 0 radical (unpaired) electrons. The van der Waals surface area contributed by atoms with Crippen LogP contribution in [0.1, 0.15) is 24.6 Å². The Hall–Kier alpha value is -0.0500. The van der Waals surface area contributed by atoms with Crippen LogP contribution in [0.25, 0.3) is 0 Å². The molecule has 1 unspecified atom stereocenters. The van der Waals surface area contributed by atoms with E-state index in [4.69, 9.17) is 11.6 Å². The number of halogens is 1. The smallest absolute Gasteiger partial charge is 0.0931 e. The van der Waals surface area contributed by atoms with E-state index in [0.717, 1.165) is 16.8 Å². The van der Waals surface area contributed by atoms with Crippen LogP contribution in [-0.2, 0) is 6.42 Å². The highest BCUT2D eigenvalue weighted by molar-refractivity contribution is 7.16. The van der Waals surface area contributed by atoms with E-state index in [-0.39, 0.29) is 0 Å². The Kier molecular flexibility index (Phi) is 5.53. The molecule has 0 aliphatic rings. The Morgan fingerprint density at radius 3 is 2.79 bits per heavy atom. The van der Waals surface area contributed by atoms with E-state index < -0.39 is 0 Å². The van der Waals surface area contributed by atoms with E-state index in [1.54, 1.807) is 11.3 Å². The van der Waals surface area contributed by atoms with Crippen molar-refractivity contribution in [3.05, 3.63) is 21.3 Å². The second kappa shape index (κ2) is 6.44. The summed E-state index contributed by atoms with van der Waals surface area (Å²) in [5.74, 6) is 0.795. The van der Waals surface area contributed by atoms with Crippen molar-refractivity contribution in [2.24, 2.45) is 5.92 Å². The second-order valence-electron chi connectivity index (χ2n) is 3.74. The van der Waals surface area contributed by atoms with Crippen LogP contribution in [0.4, 0.5) is 0 Å². The molecule has 0 aliphatic carbocycles. The Bertz CT molecular complexity index is 260. The third kappa shape index (κ3) is 4.45. The van der Waals surface area contributed by atoms with Gasteiger partial charge in [0.1, 0.15) is 0 Å². The monoisotopic (exact) mass is 231 g/mol. The Balaban J connectivity index is 2.20. The van der Waals surface area contributed by atoms with Crippen molar-refractivity contribution >= 4 is 22.9 Å². The van der Waals surface area contributed by atoms with Gasteiger partial charge in [0.05, 0.1) is 4.34 Å². The summed E-state index contributed by atoms with van der Waals surface area (Å²) in [7, 11) is 2.01. The van der Waals surface area contributed by atoms with Crippen LogP contribution in [0.15, 0.2) is 12.1 Å². The molecule has 3 heteroatoms. The van der Waals surface area contributed by atoms with E-state index in [1.165, 1.54) is 24.1 Å². The molecule has 1 rings (SSSR count). The first-order valence-corrected chi connectivity index (χ1v) is 6.30. The predicted molar refractivity (Wildman–Crippen MR) is 65.4 cm³/mol. The summed E-state index contributed by atoms with van der Waals surface area (Å²) in [4.78, 5) is 1.41.